The molecule has 3 N–H and O–H groups in total. The molecule has 1 heterocycles. The van der Waals surface area contributed by atoms with E-state index in [2.05, 4.69) is 24.5 Å². The van der Waals surface area contributed by atoms with Gasteiger partial charge in [0, 0.05) is 32.7 Å². The topological polar surface area (TPSA) is 69.8 Å². The van der Waals surface area contributed by atoms with Crippen LogP contribution in [0.1, 0.15) is 51.7 Å². The van der Waals surface area contributed by atoms with Gasteiger partial charge in [0.1, 0.15) is 5.76 Å². The van der Waals surface area contributed by atoms with E-state index in [4.69, 9.17) is 14.5 Å². The average molecular weight is 323 g/mol. The van der Waals surface area contributed by atoms with Crippen molar-refractivity contribution in [2.45, 2.75) is 52.4 Å². The van der Waals surface area contributed by atoms with Crippen LogP contribution in [-0.4, -0.2) is 37.3 Å². The van der Waals surface area contributed by atoms with E-state index >= 15 is 0 Å². The molecule has 0 amide bonds. The SMILES string of the molecule is CCCCNC(=NCC(CCC)CCO)NCCc1ccco1. The van der Waals surface area contributed by atoms with Crippen molar-refractivity contribution in [1.29, 1.82) is 0 Å². The van der Waals surface area contributed by atoms with Gasteiger partial charge in [-0.3, -0.25) is 4.99 Å². The number of furan rings is 1. The van der Waals surface area contributed by atoms with Crippen LogP contribution in [0.3, 0.4) is 0 Å². The van der Waals surface area contributed by atoms with Gasteiger partial charge in [-0.05, 0) is 37.3 Å². The van der Waals surface area contributed by atoms with Crippen molar-refractivity contribution < 1.29 is 9.52 Å². The molecule has 5 heteroatoms. The molecule has 1 aromatic heterocycles. The normalized spacial score (nSPS) is 13.1. The Morgan fingerprint density at radius 1 is 1.22 bits per heavy atom. The van der Waals surface area contributed by atoms with Crippen molar-refractivity contribution in [1.82, 2.24) is 10.6 Å². The first-order chi connectivity index (χ1) is 11.3. The lowest BCUT2D eigenvalue weighted by molar-refractivity contribution is 0.253. The zero-order valence-electron chi connectivity index (χ0n) is 14.7. The molecule has 0 radical (unpaired) electrons. The monoisotopic (exact) mass is 323 g/mol. The summed E-state index contributed by atoms with van der Waals surface area (Å²) in [5, 5.41) is 15.9. The van der Waals surface area contributed by atoms with Crippen LogP contribution in [0.25, 0.3) is 0 Å². The van der Waals surface area contributed by atoms with Crippen molar-refractivity contribution >= 4 is 5.96 Å². The van der Waals surface area contributed by atoms with Crippen LogP contribution in [-0.2, 0) is 6.42 Å². The summed E-state index contributed by atoms with van der Waals surface area (Å²) >= 11 is 0. The van der Waals surface area contributed by atoms with E-state index in [1.807, 2.05) is 12.1 Å². The summed E-state index contributed by atoms with van der Waals surface area (Å²) < 4.78 is 5.35. The molecule has 0 fully saturated rings. The minimum atomic E-state index is 0.241. The van der Waals surface area contributed by atoms with Crippen LogP contribution >= 0.6 is 0 Å². The molecular formula is C18H33N3O2. The number of hydrogen-bond donors (Lipinski definition) is 3. The molecule has 5 nitrogen and oxygen atoms in total. The van der Waals surface area contributed by atoms with Gasteiger partial charge in [0.05, 0.1) is 6.26 Å². The molecule has 0 aliphatic carbocycles. The Hall–Kier alpha value is -1.49. The maximum atomic E-state index is 9.16. The van der Waals surface area contributed by atoms with Gasteiger partial charge in [-0.2, -0.15) is 0 Å². The summed E-state index contributed by atoms with van der Waals surface area (Å²) in [6.45, 7) is 7.09. The number of aliphatic hydroxyl groups excluding tert-OH is 1. The molecule has 0 aliphatic rings. The summed E-state index contributed by atoms with van der Waals surface area (Å²) in [6.07, 6.45) is 7.91. The van der Waals surface area contributed by atoms with Gasteiger partial charge >= 0.3 is 0 Å². The van der Waals surface area contributed by atoms with Gasteiger partial charge in [0.2, 0.25) is 0 Å². The quantitative estimate of drug-likeness (QED) is 0.314. The second-order valence-electron chi connectivity index (χ2n) is 5.89. The van der Waals surface area contributed by atoms with Crippen molar-refractivity contribution in [3.8, 4) is 0 Å². The van der Waals surface area contributed by atoms with Crippen LogP contribution in [0.5, 0.6) is 0 Å². The third-order valence-electron chi connectivity index (χ3n) is 3.81. The zero-order valence-corrected chi connectivity index (χ0v) is 14.7. The largest absolute Gasteiger partial charge is 0.469 e. The molecule has 0 aliphatic heterocycles. The Balaban J connectivity index is 2.45. The van der Waals surface area contributed by atoms with Crippen molar-refractivity contribution in [2.75, 3.05) is 26.2 Å². The van der Waals surface area contributed by atoms with E-state index < -0.39 is 0 Å². The summed E-state index contributed by atoms with van der Waals surface area (Å²) in [6, 6.07) is 3.90. The lowest BCUT2D eigenvalue weighted by Gasteiger charge is -2.15. The minimum absolute atomic E-state index is 0.241. The van der Waals surface area contributed by atoms with Crippen LogP contribution in [0.2, 0.25) is 0 Å². The van der Waals surface area contributed by atoms with Crippen LogP contribution in [0, 0.1) is 5.92 Å². The van der Waals surface area contributed by atoms with E-state index in [9.17, 15) is 0 Å². The highest BCUT2D eigenvalue weighted by molar-refractivity contribution is 5.79. The van der Waals surface area contributed by atoms with Gasteiger partial charge in [-0.25, -0.2) is 0 Å². The first kappa shape index (κ1) is 19.6. The molecule has 0 saturated heterocycles. The van der Waals surface area contributed by atoms with Crippen molar-refractivity contribution in [2.24, 2.45) is 10.9 Å². The Kier molecular flexibility index (Phi) is 11.0. The third kappa shape index (κ3) is 9.29. The predicted octanol–water partition coefficient (Wildman–Crippen LogP) is 2.96. The molecule has 1 atom stereocenters. The van der Waals surface area contributed by atoms with Crippen molar-refractivity contribution in [3.63, 3.8) is 0 Å². The van der Waals surface area contributed by atoms with Gasteiger partial charge in [0.15, 0.2) is 5.96 Å². The van der Waals surface area contributed by atoms with E-state index in [0.717, 1.165) is 69.9 Å². The number of nitrogens with one attached hydrogen (secondary N) is 2. The maximum Gasteiger partial charge on any atom is 0.191 e. The highest BCUT2D eigenvalue weighted by atomic mass is 16.3. The fourth-order valence-corrected chi connectivity index (χ4v) is 2.45. The molecule has 1 unspecified atom stereocenters. The van der Waals surface area contributed by atoms with Crippen LogP contribution in [0.15, 0.2) is 27.8 Å². The molecule has 0 bridgehead atoms. The van der Waals surface area contributed by atoms with Crippen LogP contribution < -0.4 is 10.6 Å². The molecule has 0 saturated carbocycles. The lowest BCUT2D eigenvalue weighted by Crippen LogP contribution is -2.39. The Morgan fingerprint density at radius 2 is 2.04 bits per heavy atom. The second-order valence-corrected chi connectivity index (χ2v) is 5.89. The summed E-state index contributed by atoms with van der Waals surface area (Å²) in [5.74, 6) is 2.30. The highest BCUT2D eigenvalue weighted by Crippen LogP contribution is 2.11. The maximum absolute atomic E-state index is 9.16. The van der Waals surface area contributed by atoms with E-state index in [1.54, 1.807) is 6.26 Å². The smallest absolute Gasteiger partial charge is 0.191 e. The number of nitrogens with zero attached hydrogens (tertiary/aromatic N) is 1. The molecule has 0 aromatic carbocycles. The number of aliphatic hydroxyl groups is 1. The van der Waals surface area contributed by atoms with Crippen LogP contribution in [0.4, 0.5) is 0 Å². The highest BCUT2D eigenvalue weighted by Gasteiger charge is 2.07. The number of aliphatic imine (C=N–C) groups is 1. The Bertz CT molecular complexity index is 398. The summed E-state index contributed by atoms with van der Waals surface area (Å²) in [4.78, 5) is 4.70. The molecule has 1 aromatic rings. The van der Waals surface area contributed by atoms with Gasteiger partial charge in [-0.15, -0.1) is 0 Å². The average Bonchev–Trinajstić information content (AvgIpc) is 3.06. The molecule has 0 spiro atoms. The Morgan fingerprint density at radius 3 is 2.70 bits per heavy atom. The second kappa shape index (κ2) is 13.0. The zero-order chi connectivity index (χ0) is 16.8. The van der Waals surface area contributed by atoms with Crippen molar-refractivity contribution in [3.05, 3.63) is 24.2 Å². The van der Waals surface area contributed by atoms with E-state index in [0.29, 0.717) is 5.92 Å². The fourth-order valence-electron chi connectivity index (χ4n) is 2.45. The first-order valence-electron chi connectivity index (χ1n) is 8.95. The van der Waals surface area contributed by atoms with Gasteiger partial charge in [0.25, 0.3) is 0 Å². The Labute approximate surface area is 140 Å². The molecule has 23 heavy (non-hydrogen) atoms. The first-order valence-corrected chi connectivity index (χ1v) is 8.95. The van der Waals surface area contributed by atoms with E-state index in [-0.39, 0.29) is 6.61 Å². The standard InChI is InChI=1S/C18H33N3O2/c1-3-5-11-19-18(20-12-9-17-8-6-14-23-17)21-15-16(7-4-2)10-13-22/h6,8,14,16,22H,3-5,7,9-13,15H2,1-2H3,(H2,19,20,21). The minimum Gasteiger partial charge on any atom is -0.469 e. The van der Waals surface area contributed by atoms with Gasteiger partial charge in [-0.1, -0.05) is 26.7 Å². The number of unbranched alkanes of at least 4 members (excludes halogenated alkanes) is 1. The number of guanidine groups is 1. The molecule has 132 valence electrons. The fraction of sp³-hybridized carbons (Fsp3) is 0.722. The number of hydrogen-bond acceptors (Lipinski definition) is 3. The lowest BCUT2D eigenvalue weighted by atomic mass is 10.0. The third-order valence-corrected chi connectivity index (χ3v) is 3.81. The van der Waals surface area contributed by atoms with Gasteiger partial charge < -0.3 is 20.2 Å². The molecule has 1 rings (SSSR count). The molecular weight excluding hydrogens is 290 g/mol. The van der Waals surface area contributed by atoms with E-state index in [1.165, 1.54) is 0 Å². The summed E-state index contributed by atoms with van der Waals surface area (Å²) in [7, 11) is 0. The predicted molar refractivity (Wildman–Crippen MR) is 95.7 cm³/mol. The number of rotatable bonds is 12. The summed E-state index contributed by atoms with van der Waals surface area (Å²) in [5.41, 5.74) is 0.